The smallest absolute Gasteiger partial charge is 0.465 e. The third kappa shape index (κ3) is 4.70. The minimum Gasteiger partial charge on any atom is -0.465 e. The van der Waals surface area contributed by atoms with Gasteiger partial charge in [-0.1, -0.05) is 12.1 Å². The van der Waals surface area contributed by atoms with Crippen molar-refractivity contribution in [1.29, 1.82) is 0 Å². The first-order valence-electron chi connectivity index (χ1n) is 10.1. The first-order valence-corrected chi connectivity index (χ1v) is 10.1. The highest BCUT2D eigenvalue weighted by Crippen LogP contribution is 2.36. The van der Waals surface area contributed by atoms with Crippen molar-refractivity contribution >= 4 is 18.6 Å². The van der Waals surface area contributed by atoms with Crippen LogP contribution < -0.4 is 5.46 Å². The fraction of sp³-hybridized carbons (Fsp3) is 0.478. The average molecular weight is 395 g/mol. The summed E-state index contributed by atoms with van der Waals surface area (Å²) in [7, 11) is 0.872. The summed E-state index contributed by atoms with van der Waals surface area (Å²) in [5, 5.41) is 0. The lowest BCUT2D eigenvalue weighted by atomic mass is 9.74. The maximum absolute atomic E-state index is 12.1. The zero-order chi connectivity index (χ0) is 21.2. The van der Waals surface area contributed by atoms with Crippen LogP contribution >= 0.6 is 0 Å². The van der Waals surface area contributed by atoms with Gasteiger partial charge in [0.25, 0.3) is 0 Å². The van der Waals surface area contributed by atoms with Gasteiger partial charge in [-0.25, -0.2) is 4.79 Å². The van der Waals surface area contributed by atoms with Crippen LogP contribution in [0.25, 0.3) is 0 Å². The number of aryl methyl sites for hydroxylation is 3. The number of hydrogen-bond donors (Lipinski definition) is 0. The molecule has 1 saturated heterocycles. The number of esters is 1. The van der Waals surface area contributed by atoms with E-state index in [2.05, 4.69) is 11.1 Å². The van der Waals surface area contributed by atoms with Crippen LogP contribution in [0.15, 0.2) is 36.4 Å². The van der Waals surface area contributed by atoms with Gasteiger partial charge in [-0.2, -0.15) is 0 Å². The van der Waals surface area contributed by atoms with Crippen LogP contribution in [0, 0.1) is 6.92 Å². The van der Waals surface area contributed by atoms with E-state index in [1.165, 1.54) is 7.11 Å². The van der Waals surface area contributed by atoms with Crippen LogP contribution in [-0.2, 0) is 26.9 Å². The maximum atomic E-state index is 12.1. The second kappa shape index (κ2) is 8.29. The zero-order valence-electron chi connectivity index (χ0n) is 18.2. The first-order chi connectivity index (χ1) is 13.6. The Morgan fingerprint density at radius 3 is 2.38 bits per heavy atom. The molecule has 1 aromatic carbocycles. The Balaban J connectivity index is 1.83. The summed E-state index contributed by atoms with van der Waals surface area (Å²) in [6, 6.07) is 11.7. The van der Waals surface area contributed by atoms with Crippen molar-refractivity contribution in [3.05, 3.63) is 58.9 Å². The summed E-state index contributed by atoms with van der Waals surface area (Å²) in [5.41, 5.74) is 3.74. The van der Waals surface area contributed by atoms with Crippen LogP contribution in [-0.4, -0.2) is 36.4 Å². The summed E-state index contributed by atoms with van der Waals surface area (Å²) >= 11 is 0. The van der Waals surface area contributed by atoms with E-state index >= 15 is 0 Å². The molecule has 0 saturated carbocycles. The fourth-order valence-corrected chi connectivity index (χ4v) is 3.46. The Bertz CT molecular complexity index is 878. The lowest BCUT2D eigenvalue weighted by molar-refractivity contribution is 0.00578. The lowest BCUT2D eigenvalue weighted by Crippen LogP contribution is -2.41. The monoisotopic (exact) mass is 395 g/mol. The molecular formula is C23H30BNO4. The van der Waals surface area contributed by atoms with Crippen molar-refractivity contribution < 1.29 is 18.8 Å². The van der Waals surface area contributed by atoms with Crippen molar-refractivity contribution in [1.82, 2.24) is 4.98 Å². The molecule has 0 unspecified atom stereocenters. The molecule has 154 valence electrons. The number of carbonyl (C=O) groups is 1. The van der Waals surface area contributed by atoms with Gasteiger partial charge in [0.15, 0.2) is 0 Å². The molecule has 0 bridgehead atoms. The number of ether oxygens (including phenoxy) is 1. The maximum Gasteiger partial charge on any atom is 0.495 e. The topological polar surface area (TPSA) is 57.7 Å². The fourth-order valence-electron chi connectivity index (χ4n) is 3.46. The molecule has 2 heterocycles. The summed E-state index contributed by atoms with van der Waals surface area (Å²) in [6.07, 6.45) is 2.68. The van der Waals surface area contributed by atoms with Gasteiger partial charge < -0.3 is 14.0 Å². The van der Waals surface area contributed by atoms with Gasteiger partial charge in [0.1, 0.15) is 0 Å². The van der Waals surface area contributed by atoms with Gasteiger partial charge >= 0.3 is 13.1 Å². The Labute approximate surface area is 173 Å². The average Bonchev–Trinajstić information content (AvgIpc) is 2.88. The molecule has 1 aliphatic rings. The van der Waals surface area contributed by atoms with Crippen LogP contribution in [0.5, 0.6) is 0 Å². The molecule has 5 nitrogen and oxygen atoms in total. The Hall–Kier alpha value is -2.18. The normalized spacial score (nSPS) is 17.4. The van der Waals surface area contributed by atoms with E-state index in [9.17, 15) is 4.79 Å². The highest BCUT2D eigenvalue weighted by molar-refractivity contribution is 6.62. The number of rotatable bonds is 6. The van der Waals surface area contributed by atoms with Gasteiger partial charge in [0.2, 0.25) is 0 Å². The van der Waals surface area contributed by atoms with Crippen LogP contribution in [0.1, 0.15) is 61.4 Å². The second-order valence-electron chi connectivity index (χ2n) is 8.62. The van der Waals surface area contributed by atoms with E-state index < -0.39 is 18.3 Å². The van der Waals surface area contributed by atoms with E-state index in [1.54, 1.807) is 6.07 Å². The molecule has 2 aromatic rings. The molecule has 0 atom stereocenters. The molecule has 1 aliphatic heterocycles. The van der Waals surface area contributed by atoms with Gasteiger partial charge in [0, 0.05) is 11.4 Å². The molecule has 1 aromatic heterocycles. The number of nitrogens with zero attached hydrogens (tertiary/aromatic N) is 1. The van der Waals surface area contributed by atoms with Crippen molar-refractivity contribution in [2.75, 3.05) is 7.11 Å². The van der Waals surface area contributed by atoms with Crippen LogP contribution in [0.2, 0.25) is 0 Å². The van der Waals surface area contributed by atoms with E-state index in [0.717, 1.165) is 41.7 Å². The zero-order valence-corrected chi connectivity index (χ0v) is 18.2. The molecular weight excluding hydrogens is 365 g/mol. The largest absolute Gasteiger partial charge is 0.495 e. The number of aromatic nitrogens is 1. The van der Waals surface area contributed by atoms with Crippen LogP contribution in [0.4, 0.5) is 0 Å². The molecule has 0 spiro atoms. The molecule has 29 heavy (non-hydrogen) atoms. The highest BCUT2D eigenvalue weighted by atomic mass is 16.7. The third-order valence-electron chi connectivity index (χ3n) is 5.90. The second-order valence-corrected chi connectivity index (χ2v) is 8.62. The van der Waals surface area contributed by atoms with Crippen LogP contribution in [0.3, 0.4) is 0 Å². The van der Waals surface area contributed by atoms with E-state index in [-0.39, 0.29) is 5.97 Å². The van der Waals surface area contributed by atoms with E-state index in [1.807, 2.05) is 58.9 Å². The first kappa shape index (κ1) is 21.5. The Kier molecular flexibility index (Phi) is 6.15. The van der Waals surface area contributed by atoms with Gasteiger partial charge in [-0.05, 0) is 89.2 Å². The van der Waals surface area contributed by atoms with E-state index in [0.29, 0.717) is 5.56 Å². The molecule has 6 heteroatoms. The predicted octanol–water partition coefficient (Wildman–Crippen LogP) is 3.65. The van der Waals surface area contributed by atoms with E-state index in [4.69, 9.17) is 14.0 Å². The summed E-state index contributed by atoms with van der Waals surface area (Å²) in [5.74, 6) is -0.363. The predicted molar refractivity (Wildman–Crippen MR) is 114 cm³/mol. The molecule has 0 N–H and O–H groups in total. The molecule has 0 amide bonds. The van der Waals surface area contributed by atoms with Crippen molar-refractivity contribution in [3.63, 3.8) is 0 Å². The van der Waals surface area contributed by atoms with Gasteiger partial charge in [0.05, 0.1) is 23.9 Å². The number of methoxy groups -OCH3 is 1. The van der Waals surface area contributed by atoms with Crippen molar-refractivity contribution in [2.24, 2.45) is 0 Å². The minimum absolute atomic E-state index is 0.363. The lowest BCUT2D eigenvalue weighted by Gasteiger charge is -2.32. The quantitative estimate of drug-likeness (QED) is 0.552. The Morgan fingerprint density at radius 1 is 1.07 bits per heavy atom. The van der Waals surface area contributed by atoms with Gasteiger partial charge in [-0.15, -0.1) is 0 Å². The number of hydrogen-bond acceptors (Lipinski definition) is 5. The third-order valence-corrected chi connectivity index (χ3v) is 5.90. The summed E-state index contributed by atoms with van der Waals surface area (Å²) in [6.45, 7) is 10.1. The number of carbonyl (C=O) groups excluding carboxylic acids is 1. The molecule has 1 fully saturated rings. The van der Waals surface area contributed by atoms with Crippen molar-refractivity contribution in [3.8, 4) is 0 Å². The minimum atomic E-state index is -0.517. The van der Waals surface area contributed by atoms with Gasteiger partial charge in [-0.3, -0.25) is 4.98 Å². The Morgan fingerprint density at radius 2 is 1.76 bits per heavy atom. The van der Waals surface area contributed by atoms with Crippen molar-refractivity contribution in [2.45, 2.75) is 65.1 Å². The molecule has 3 rings (SSSR count). The highest BCUT2D eigenvalue weighted by Gasteiger charge is 2.52. The summed E-state index contributed by atoms with van der Waals surface area (Å²) in [4.78, 5) is 16.6. The molecule has 0 radical (unpaired) electrons. The molecule has 0 aliphatic carbocycles. The number of benzene rings is 1. The standard InChI is InChI=1S/C23H30BNO4/c1-16-9-7-11-19(25-16)12-8-10-17-13-14-18(21(26)27-6)15-20(17)24-28-22(2,3)23(4,5)29-24/h7,9,11,13-15H,8,10,12H2,1-6H3. The SMILES string of the molecule is COC(=O)c1ccc(CCCc2cccc(C)n2)c(B2OC(C)(C)C(C)(C)O2)c1. The number of pyridine rings is 1. The summed E-state index contributed by atoms with van der Waals surface area (Å²) < 4.78 is 17.4.